The number of hydrogen-bond donors (Lipinski definition) is 0. The number of ether oxygens (including phenoxy) is 3. The minimum Gasteiger partial charge on any atom is -0.456 e. The fourth-order valence-corrected chi connectivity index (χ4v) is 16.2. The summed E-state index contributed by atoms with van der Waals surface area (Å²) in [5.74, 6) is 4.89. The average Bonchev–Trinajstić information content (AvgIpc) is 0.717. The van der Waals surface area contributed by atoms with Gasteiger partial charge in [-0.25, -0.2) is 0 Å². The van der Waals surface area contributed by atoms with Crippen molar-refractivity contribution in [2.45, 2.75) is 16.2 Å². The molecule has 0 spiro atoms. The monoisotopic (exact) mass is 1170 g/mol. The van der Waals surface area contributed by atoms with Crippen LogP contribution >= 0.6 is 0 Å². The molecule has 0 radical (unpaired) electrons. The van der Waals surface area contributed by atoms with Crippen molar-refractivity contribution in [2.24, 2.45) is 0 Å². The molecule has 3 nitrogen and oxygen atoms in total. The van der Waals surface area contributed by atoms with Crippen molar-refractivity contribution < 1.29 is 14.2 Å². The van der Waals surface area contributed by atoms with E-state index in [1.54, 1.807) is 0 Å². The molecular weight excluding hydrogens is 1120 g/mol. The summed E-state index contributed by atoms with van der Waals surface area (Å²) in [6.07, 6.45) is 0. The van der Waals surface area contributed by atoms with Crippen LogP contribution in [0.1, 0.15) is 66.8 Å². The molecule has 0 bridgehead atoms. The van der Waals surface area contributed by atoms with Crippen LogP contribution in [0.15, 0.2) is 352 Å². The van der Waals surface area contributed by atoms with Crippen LogP contribution in [0.4, 0.5) is 0 Å². The molecule has 0 saturated heterocycles. The molecule has 18 rings (SSSR count). The first kappa shape index (κ1) is 53.3. The summed E-state index contributed by atoms with van der Waals surface area (Å²) < 4.78 is 22.5. The molecule has 0 aromatic heterocycles. The molecule has 15 aromatic carbocycles. The maximum Gasteiger partial charge on any atom is 0.140 e. The minimum absolute atomic E-state index is 0.723. The third-order valence-electron chi connectivity index (χ3n) is 19.9. The highest BCUT2D eigenvalue weighted by molar-refractivity contribution is 6.20. The summed E-state index contributed by atoms with van der Waals surface area (Å²) in [6, 6.07) is 128. The zero-order valence-electron chi connectivity index (χ0n) is 50.2. The van der Waals surface area contributed by atoms with E-state index >= 15 is 0 Å². The molecule has 3 heterocycles. The average molecular weight is 1180 g/mol. The first-order chi connectivity index (χ1) is 45.7. The van der Waals surface area contributed by atoms with E-state index in [2.05, 4.69) is 352 Å². The van der Waals surface area contributed by atoms with Crippen LogP contribution in [-0.4, -0.2) is 0 Å². The first-order valence-corrected chi connectivity index (χ1v) is 31.7. The van der Waals surface area contributed by atoms with Gasteiger partial charge in [0, 0.05) is 55.6 Å². The van der Waals surface area contributed by atoms with Gasteiger partial charge in [-0.1, -0.05) is 328 Å². The first-order valence-electron chi connectivity index (χ1n) is 31.7. The van der Waals surface area contributed by atoms with Gasteiger partial charge < -0.3 is 14.2 Å². The molecule has 3 aliphatic rings. The summed E-state index contributed by atoms with van der Waals surface area (Å²) in [7, 11) is 0. The SMILES string of the molecule is c1ccc(C2(c3ccccc3)c3ccccc3Oc3c(-c4cccc5c(-c6cccc7c6Oc6ccccc6C7(c6ccccc6)c6ccccc6)c6cccc(-c7cccc8c7Oc7ccccc7C8(c7ccccc7)c7ccccc7)c6cc45)cccc32)cc1. The summed E-state index contributed by atoms with van der Waals surface area (Å²) in [5.41, 5.74) is 17.3. The zero-order valence-corrected chi connectivity index (χ0v) is 50.2. The lowest BCUT2D eigenvalue weighted by molar-refractivity contribution is 0.436. The summed E-state index contributed by atoms with van der Waals surface area (Å²) >= 11 is 0. The van der Waals surface area contributed by atoms with Crippen molar-refractivity contribution in [3.8, 4) is 67.9 Å². The molecule has 0 unspecified atom stereocenters. The van der Waals surface area contributed by atoms with E-state index in [0.29, 0.717) is 0 Å². The standard InChI is InChI=1S/C89H58O3/c1-7-30-59(31-8-1)87(60-32-9-2-10-33-60)74-49-19-22-55-80(74)90-84-69(46-27-52-77(84)87)65-42-25-44-67-72(65)58-73-66(70-47-28-53-78-85(70)91-81-56-23-20-50-75(81)88(78,61-34-11-3-12-35-61)62-36-13-4-14-37-62)43-26-45-68(73)83(67)71-48-29-54-79-86(71)92-82-57-24-21-51-76(82)89(79,63-38-15-5-16-39-63)64-40-17-6-18-41-64/h1-58H. The van der Waals surface area contributed by atoms with Gasteiger partial charge in [-0.05, 0) is 90.3 Å². The van der Waals surface area contributed by atoms with Crippen molar-refractivity contribution in [1.29, 1.82) is 0 Å². The van der Waals surface area contributed by atoms with Crippen LogP contribution in [0.25, 0.3) is 54.9 Å². The van der Waals surface area contributed by atoms with E-state index in [9.17, 15) is 0 Å². The van der Waals surface area contributed by atoms with Crippen LogP contribution in [-0.2, 0) is 16.2 Å². The highest BCUT2D eigenvalue weighted by Gasteiger charge is 2.49. The molecule has 432 valence electrons. The summed E-state index contributed by atoms with van der Waals surface area (Å²) in [6.45, 7) is 0. The zero-order chi connectivity index (χ0) is 60.8. The number of para-hydroxylation sites is 6. The molecule has 15 aromatic rings. The fraction of sp³-hybridized carbons (Fsp3) is 0.0337. The van der Waals surface area contributed by atoms with Crippen LogP contribution in [0.5, 0.6) is 34.5 Å². The molecule has 0 saturated carbocycles. The Morgan fingerprint density at radius 2 is 0.413 bits per heavy atom. The Bertz CT molecular complexity index is 4990. The Kier molecular flexibility index (Phi) is 12.3. The predicted molar refractivity (Wildman–Crippen MR) is 373 cm³/mol. The largest absolute Gasteiger partial charge is 0.456 e. The Morgan fingerprint density at radius 3 is 0.728 bits per heavy atom. The quantitative estimate of drug-likeness (QED) is 0.135. The second kappa shape index (κ2) is 21.2. The molecule has 0 atom stereocenters. The van der Waals surface area contributed by atoms with E-state index in [1.165, 1.54) is 0 Å². The maximum absolute atomic E-state index is 7.58. The van der Waals surface area contributed by atoms with Gasteiger partial charge in [-0.15, -0.1) is 0 Å². The fourth-order valence-electron chi connectivity index (χ4n) is 16.2. The molecule has 0 aliphatic carbocycles. The van der Waals surface area contributed by atoms with Crippen molar-refractivity contribution in [2.75, 3.05) is 0 Å². The van der Waals surface area contributed by atoms with Gasteiger partial charge in [-0.2, -0.15) is 0 Å². The van der Waals surface area contributed by atoms with E-state index in [-0.39, 0.29) is 0 Å². The van der Waals surface area contributed by atoms with Crippen LogP contribution in [0.2, 0.25) is 0 Å². The van der Waals surface area contributed by atoms with E-state index in [1.807, 2.05) is 0 Å². The minimum atomic E-state index is -0.749. The number of benzene rings is 15. The Balaban J connectivity index is 0.963. The Morgan fingerprint density at radius 1 is 0.174 bits per heavy atom. The normalized spacial score (nSPS) is 14.2. The molecule has 92 heavy (non-hydrogen) atoms. The predicted octanol–water partition coefficient (Wildman–Crippen LogP) is 22.5. The molecular formula is C89H58O3. The Hall–Kier alpha value is -11.8. The highest BCUT2D eigenvalue weighted by Crippen LogP contribution is 2.63. The smallest absolute Gasteiger partial charge is 0.140 e. The van der Waals surface area contributed by atoms with E-state index in [0.717, 1.165) is 156 Å². The third-order valence-corrected chi connectivity index (χ3v) is 19.9. The third kappa shape index (κ3) is 7.63. The van der Waals surface area contributed by atoms with Crippen molar-refractivity contribution in [3.63, 3.8) is 0 Å². The van der Waals surface area contributed by atoms with E-state index in [4.69, 9.17) is 14.2 Å². The molecule has 0 fully saturated rings. The van der Waals surface area contributed by atoms with Gasteiger partial charge in [-0.3, -0.25) is 0 Å². The lowest BCUT2D eigenvalue weighted by Crippen LogP contribution is -2.34. The Labute approximate surface area is 535 Å². The van der Waals surface area contributed by atoms with E-state index < -0.39 is 16.2 Å². The lowest BCUT2D eigenvalue weighted by Gasteiger charge is -2.42. The van der Waals surface area contributed by atoms with Crippen LogP contribution < -0.4 is 14.2 Å². The molecule has 0 amide bonds. The number of rotatable bonds is 9. The number of fused-ring (bicyclic) bond motifs is 8. The van der Waals surface area contributed by atoms with Gasteiger partial charge in [0.1, 0.15) is 34.5 Å². The van der Waals surface area contributed by atoms with Gasteiger partial charge in [0.2, 0.25) is 0 Å². The van der Waals surface area contributed by atoms with Crippen molar-refractivity contribution in [1.82, 2.24) is 0 Å². The highest BCUT2D eigenvalue weighted by atomic mass is 16.5. The van der Waals surface area contributed by atoms with Crippen molar-refractivity contribution >= 4 is 21.5 Å². The molecule has 3 heteroatoms. The van der Waals surface area contributed by atoms with Crippen LogP contribution in [0, 0.1) is 0 Å². The lowest BCUT2D eigenvalue weighted by atomic mass is 9.63. The number of hydrogen-bond acceptors (Lipinski definition) is 3. The molecule has 0 N–H and O–H groups in total. The second-order valence-electron chi connectivity index (χ2n) is 24.3. The van der Waals surface area contributed by atoms with Gasteiger partial charge in [0.15, 0.2) is 0 Å². The topological polar surface area (TPSA) is 27.7 Å². The second-order valence-corrected chi connectivity index (χ2v) is 24.3. The van der Waals surface area contributed by atoms with Gasteiger partial charge >= 0.3 is 0 Å². The summed E-state index contributed by atoms with van der Waals surface area (Å²) in [4.78, 5) is 0. The van der Waals surface area contributed by atoms with Crippen LogP contribution in [0.3, 0.4) is 0 Å². The van der Waals surface area contributed by atoms with Gasteiger partial charge in [0.05, 0.1) is 16.2 Å². The maximum atomic E-state index is 7.58. The summed E-state index contributed by atoms with van der Waals surface area (Å²) in [5, 5.41) is 4.28. The molecule has 3 aliphatic heterocycles. The van der Waals surface area contributed by atoms with Crippen molar-refractivity contribution in [3.05, 3.63) is 419 Å². The van der Waals surface area contributed by atoms with Gasteiger partial charge in [0.25, 0.3) is 0 Å².